The van der Waals surface area contributed by atoms with Gasteiger partial charge < -0.3 is 14.2 Å². The SMILES string of the molecule is Cc1noc2ncnc(N3CCCC3CN3CCOCC3)c12. The molecule has 0 bridgehead atoms. The second-order valence-corrected chi connectivity index (χ2v) is 6.05. The summed E-state index contributed by atoms with van der Waals surface area (Å²) in [6.07, 6.45) is 3.98. The van der Waals surface area contributed by atoms with Crippen LogP contribution in [0.3, 0.4) is 0 Å². The van der Waals surface area contributed by atoms with Crippen LogP contribution in [0.2, 0.25) is 0 Å². The molecule has 2 aliphatic rings. The zero-order valence-corrected chi connectivity index (χ0v) is 12.9. The summed E-state index contributed by atoms with van der Waals surface area (Å²) in [6.45, 7) is 7.78. The van der Waals surface area contributed by atoms with Gasteiger partial charge in [-0.3, -0.25) is 4.90 Å². The predicted molar refractivity (Wildman–Crippen MR) is 82.0 cm³/mol. The average Bonchev–Trinajstić information content (AvgIpc) is 3.16. The lowest BCUT2D eigenvalue weighted by Gasteiger charge is -2.33. The summed E-state index contributed by atoms with van der Waals surface area (Å²) < 4.78 is 10.7. The molecule has 0 spiro atoms. The Morgan fingerprint density at radius 2 is 2.09 bits per heavy atom. The van der Waals surface area contributed by atoms with Crippen molar-refractivity contribution in [3.05, 3.63) is 12.0 Å². The first-order chi connectivity index (χ1) is 10.8. The smallest absolute Gasteiger partial charge is 0.263 e. The van der Waals surface area contributed by atoms with Gasteiger partial charge in [0.1, 0.15) is 17.5 Å². The molecule has 0 aromatic carbocycles. The van der Waals surface area contributed by atoms with Crippen LogP contribution in [0.5, 0.6) is 0 Å². The molecule has 4 heterocycles. The lowest BCUT2D eigenvalue weighted by atomic mass is 10.2. The van der Waals surface area contributed by atoms with E-state index in [1.807, 2.05) is 6.92 Å². The molecule has 0 saturated carbocycles. The summed E-state index contributed by atoms with van der Waals surface area (Å²) in [5.74, 6) is 0.972. The molecule has 2 saturated heterocycles. The van der Waals surface area contributed by atoms with Crippen molar-refractivity contribution in [2.75, 3.05) is 44.3 Å². The van der Waals surface area contributed by atoms with Gasteiger partial charge in [-0.05, 0) is 19.8 Å². The molecular formula is C15H21N5O2. The van der Waals surface area contributed by atoms with Crippen molar-refractivity contribution in [2.45, 2.75) is 25.8 Å². The van der Waals surface area contributed by atoms with Crippen molar-refractivity contribution in [3.8, 4) is 0 Å². The van der Waals surface area contributed by atoms with Crippen LogP contribution < -0.4 is 4.90 Å². The third kappa shape index (κ3) is 2.44. The highest BCUT2D eigenvalue weighted by Gasteiger charge is 2.30. The van der Waals surface area contributed by atoms with E-state index in [2.05, 4.69) is 24.9 Å². The number of anilines is 1. The van der Waals surface area contributed by atoms with Gasteiger partial charge >= 0.3 is 0 Å². The molecule has 2 fully saturated rings. The minimum absolute atomic E-state index is 0.491. The fraction of sp³-hybridized carbons (Fsp3) is 0.667. The third-order valence-electron chi connectivity index (χ3n) is 4.65. The Hall–Kier alpha value is -1.73. The monoisotopic (exact) mass is 303 g/mol. The molecule has 0 aliphatic carbocycles. The minimum atomic E-state index is 0.491. The number of nitrogens with zero attached hydrogens (tertiary/aromatic N) is 5. The zero-order chi connectivity index (χ0) is 14.9. The largest absolute Gasteiger partial charge is 0.379 e. The Balaban J connectivity index is 1.60. The maximum absolute atomic E-state index is 5.44. The van der Waals surface area contributed by atoms with E-state index in [1.165, 1.54) is 12.8 Å². The molecule has 1 unspecified atom stereocenters. The van der Waals surface area contributed by atoms with E-state index >= 15 is 0 Å². The predicted octanol–water partition coefficient (Wildman–Crippen LogP) is 1.23. The van der Waals surface area contributed by atoms with Crippen LogP contribution >= 0.6 is 0 Å². The van der Waals surface area contributed by atoms with E-state index < -0.39 is 0 Å². The zero-order valence-electron chi connectivity index (χ0n) is 12.9. The highest BCUT2D eigenvalue weighted by atomic mass is 16.5. The topological polar surface area (TPSA) is 67.5 Å². The van der Waals surface area contributed by atoms with Gasteiger partial charge in [-0.25, -0.2) is 4.98 Å². The number of aryl methyl sites for hydroxylation is 1. The van der Waals surface area contributed by atoms with Crippen molar-refractivity contribution in [2.24, 2.45) is 0 Å². The Morgan fingerprint density at radius 3 is 2.95 bits per heavy atom. The molecule has 0 N–H and O–H groups in total. The van der Waals surface area contributed by atoms with Gasteiger partial charge in [-0.2, -0.15) is 4.98 Å². The summed E-state index contributed by atoms with van der Waals surface area (Å²) >= 11 is 0. The second-order valence-electron chi connectivity index (χ2n) is 6.05. The van der Waals surface area contributed by atoms with Crippen LogP contribution in [0.25, 0.3) is 11.1 Å². The molecule has 2 aromatic heterocycles. The van der Waals surface area contributed by atoms with Crippen LogP contribution in [-0.2, 0) is 4.74 Å². The first kappa shape index (κ1) is 13.9. The van der Waals surface area contributed by atoms with E-state index in [4.69, 9.17) is 9.26 Å². The van der Waals surface area contributed by atoms with Gasteiger partial charge in [-0.1, -0.05) is 5.16 Å². The van der Waals surface area contributed by atoms with E-state index in [9.17, 15) is 0 Å². The Bertz CT molecular complexity index is 652. The molecule has 0 amide bonds. The average molecular weight is 303 g/mol. The van der Waals surface area contributed by atoms with Gasteiger partial charge in [0.25, 0.3) is 5.71 Å². The molecule has 118 valence electrons. The Labute approximate surface area is 129 Å². The van der Waals surface area contributed by atoms with E-state index in [0.29, 0.717) is 11.8 Å². The number of hydrogen-bond donors (Lipinski definition) is 0. The fourth-order valence-corrected chi connectivity index (χ4v) is 3.51. The molecular weight excluding hydrogens is 282 g/mol. The summed E-state index contributed by atoms with van der Waals surface area (Å²) in [5.41, 5.74) is 1.45. The molecule has 2 aromatic rings. The first-order valence-corrected chi connectivity index (χ1v) is 7.96. The van der Waals surface area contributed by atoms with Crippen molar-refractivity contribution >= 4 is 16.9 Å². The summed E-state index contributed by atoms with van der Waals surface area (Å²) in [4.78, 5) is 13.6. The number of ether oxygens (including phenoxy) is 1. The minimum Gasteiger partial charge on any atom is -0.379 e. The number of hydrogen-bond acceptors (Lipinski definition) is 7. The van der Waals surface area contributed by atoms with Gasteiger partial charge in [-0.15, -0.1) is 0 Å². The van der Waals surface area contributed by atoms with E-state index in [-0.39, 0.29) is 0 Å². The second kappa shape index (κ2) is 5.81. The van der Waals surface area contributed by atoms with Gasteiger partial charge in [0.15, 0.2) is 0 Å². The molecule has 1 atom stereocenters. The summed E-state index contributed by atoms with van der Waals surface area (Å²) in [5, 5.41) is 4.99. The number of rotatable bonds is 3. The van der Waals surface area contributed by atoms with Gasteiger partial charge in [0, 0.05) is 32.2 Å². The number of morpholine rings is 1. The normalized spacial score (nSPS) is 23.5. The third-order valence-corrected chi connectivity index (χ3v) is 4.65. The summed E-state index contributed by atoms with van der Waals surface area (Å²) in [7, 11) is 0. The van der Waals surface area contributed by atoms with Crippen molar-refractivity contribution in [3.63, 3.8) is 0 Å². The maximum atomic E-state index is 5.44. The lowest BCUT2D eigenvalue weighted by Crippen LogP contribution is -2.45. The van der Waals surface area contributed by atoms with Gasteiger partial charge in [0.05, 0.1) is 18.9 Å². The van der Waals surface area contributed by atoms with Crippen LogP contribution in [0.4, 0.5) is 5.82 Å². The molecule has 22 heavy (non-hydrogen) atoms. The molecule has 7 heteroatoms. The quantitative estimate of drug-likeness (QED) is 0.844. The molecule has 0 radical (unpaired) electrons. The molecule has 4 rings (SSSR count). The van der Waals surface area contributed by atoms with Crippen LogP contribution in [0.15, 0.2) is 10.9 Å². The van der Waals surface area contributed by atoms with Crippen molar-refractivity contribution < 1.29 is 9.26 Å². The fourth-order valence-electron chi connectivity index (χ4n) is 3.51. The Kier molecular flexibility index (Phi) is 3.67. The number of aromatic nitrogens is 3. The standard InChI is InChI=1S/C15H21N5O2/c1-11-13-14(16-10-17-15(13)22-18-11)20-4-2-3-12(20)9-19-5-7-21-8-6-19/h10,12H,2-9H2,1H3. The van der Waals surface area contributed by atoms with E-state index in [1.54, 1.807) is 6.33 Å². The van der Waals surface area contributed by atoms with Crippen molar-refractivity contribution in [1.29, 1.82) is 0 Å². The summed E-state index contributed by atoms with van der Waals surface area (Å²) in [6, 6.07) is 0.491. The highest BCUT2D eigenvalue weighted by molar-refractivity contribution is 5.88. The molecule has 2 aliphatic heterocycles. The van der Waals surface area contributed by atoms with Crippen molar-refractivity contribution in [1.82, 2.24) is 20.0 Å². The highest BCUT2D eigenvalue weighted by Crippen LogP contribution is 2.31. The molecule has 7 nitrogen and oxygen atoms in total. The number of fused-ring (bicyclic) bond motifs is 1. The lowest BCUT2D eigenvalue weighted by molar-refractivity contribution is 0.0355. The van der Waals surface area contributed by atoms with Crippen LogP contribution in [0, 0.1) is 6.92 Å². The first-order valence-electron chi connectivity index (χ1n) is 7.96. The van der Waals surface area contributed by atoms with Crippen LogP contribution in [0.1, 0.15) is 18.5 Å². The van der Waals surface area contributed by atoms with E-state index in [0.717, 1.165) is 56.3 Å². The van der Waals surface area contributed by atoms with Crippen LogP contribution in [-0.4, -0.2) is 65.5 Å². The van der Waals surface area contributed by atoms with Gasteiger partial charge in [0.2, 0.25) is 0 Å². The Morgan fingerprint density at radius 1 is 1.23 bits per heavy atom. The maximum Gasteiger partial charge on any atom is 0.263 e.